The predicted octanol–water partition coefficient (Wildman–Crippen LogP) is 0.0890. The Hall–Kier alpha value is -1.07. The van der Waals surface area contributed by atoms with Crippen molar-refractivity contribution in [3.8, 4) is 0 Å². The van der Waals surface area contributed by atoms with Crippen LogP contribution in [-0.2, 0) is 11.3 Å². The van der Waals surface area contributed by atoms with E-state index in [-0.39, 0.29) is 6.01 Å². The Morgan fingerprint density at radius 3 is 2.85 bits per heavy atom. The Morgan fingerprint density at radius 2 is 2.23 bits per heavy atom. The van der Waals surface area contributed by atoms with Crippen LogP contribution in [0.4, 0.5) is 6.01 Å². The number of oxazole rings is 1. The average Bonchev–Trinajstić information content (AvgIpc) is 2.53. The number of hydrogen-bond acceptors (Lipinski definition) is 5. The standard InChI is InChI=1S/C8H13N3O2/c9-8-10-5-7(13-8)6-11-1-3-12-4-2-11/h5H,1-4,6H2,(H2,9,10). The summed E-state index contributed by atoms with van der Waals surface area (Å²) in [5, 5.41) is 0. The first kappa shape index (κ1) is 8.52. The second-order valence-electron chi connectivity index (χ2n) is 3.05. The van der Waals surface area contributed by atoms with E-state index in [0.717, 1.165) is 38.6 Å². The average molecular weight is 183 g/mol. The molecule has 1 fully saturated rings. The van der Waals surface area contributed by atoms with Gasteiger partial charge in [0.1, 0.15) is 5.76 Å². The van der Waals surface area contributed by atoms with Crippen LogP contribution in [0.5, 0.6) is 0 Å². The van der Waals surface area contributed by atoms with Crippen LogP contribution in [0.25, 0.3) is 0 Å². The fourth-order valence-corrected chi connectivity index (χ4v) is 1.38. The number of hydrogen-bond donors (Lipinski definition) is 1. The molecule has 5 heteroatoms. The van der Waals surface area contributed by atoms with Gasteiger partial charge in [0.25, 0.3) is 6.01 Å². The smallest absolute Gasteiger partial charge is 0.292 e. The van der Waals surface area contributed by atoms with Crippen LogP contribution in [0, 0.1) is 0 Å². The van der Waals surface area contributed by atoms with Crippen LogP contribution in [0.15, 0.2) is 10.6 Å². The summed E-state index contributed by atoms with van der Waals surface area (Å²) in [5.74, 6) is 0.819. The van der Waals surface area contributed by atoms with Gasteiger partial charge in [0.2, 0.25) is 0 Å². The van der Waals surface area contributed by atoms with Crippen molar-refractivity contribution in [3.05, 3.63) is 12.0 Å². The third-order valence-corrected chi connectivity index (χ3v) is 2.05. The maximum absolute atomic E-state index is 5.36. The topological polar surface area (TPSA) is 64.5 Å². The fourth-order valence-electron chi connectivity index (χ4n) is 1.38. The monoisotopic (exact) mass is 183 g/mol. The summed E-state index contributed by atoms with van der Waals surface area (Å²) in [7, 11) is 0. The van der Waals surface area contributed by atoms with Crippen LogP contribution < -0.4 is 5.73 Å². The lowest BCUT2D eigenvalue weighted by molar-refractivity contribution is 0.0314. The summed E-state index contributed by atoms with van der Waals surface area (Å²) in [6.45, 7) is 4.25. The number of ether oxygens (including phenoxy) is 1. The highest BCUT2D eigenvalue weighted by atomic mass is 16.5. The molecule has 1 saturated heterocycles. The summed E-state index contributed by atoms with van der Waals surface area (Å²) < 4.78 is 10.4. The van der Waals surface area contributed by atoms with Crippen LogP contribution >= 0.6 is 0 Å². The molecule has 1 aromatic rings. The van der Waals surface area contributed by atoms with E-state index in [0.29, 0.717) is 0 Å². The number of nitrogens with zero attached hydrogens (tertiary/aromatic N) is 2. The Kier molecular flexibility index (Phi) is 2.47. The molecule has 0 bridgehead atoms. The van der Waals surface area contributed by atoms with E-state index in [1.807, 2.05) is 0 Å². The normalized spacial score (nSPS) is 19.1. The Labute approximate surface area is 76.5 Å². The van der Waals surface area contributed by atoms with Gasteiger partial charge in [-0.1, -0.05) is 0 Å². The van der Waals surface area contributed by atoms with E-state index in [4.69, 9.17) is 14.9 Å². The second-order valence-corrected chi connectivity index (χ2v) is 3.05. The van der Waals surface area contributed by atoms with Gasteiger partial charge in [-0.15, -0.1) is 0 Å². The van der Waals surface area contributed by atoms with Crippen molar-refractivity contribution in [1.29, 1.82) is 0 Å². The highest BCUT2D eigenvalue weighted by molar-refractivity contribution is 5.10. The molecule has 0 saturated carbocycles. The van der Waals surface area contributed by atoms with Gasteiger partial charge in [-0.05, 0) is 0 Å². The SMILES string of the molecule is Nc1ncc(CN2CCOCC2)o1. The molecule has 0 spiro atoms. The Bertz CT molecular complexity index is 268. The fraction of sp³-hybridized carbons (Fsp3) is 0.625. The van der Waals surface area contributed by atoms with Crippen LogP contribution in [0.2, 0.25) is 0 Å². The highest BCUT2D eigenvalue weighted by Crippen LogP contribution is 2.09. The molecule has 0 aromatic carbocycles. The zero-order valence-electron chi connectivity index (χ0n) is 7.40. The number of nitrogen functional groups attached to an aromatic ring is 1. The second kappa shape index (κ2) is 3.76. The maximum atomic E-state index is 5.36. The summed E-state index contributed by atoms with van der Waals surface area (Å²) in [6, 6.07) is 0.239. The van der Waals surface area contributed by atoms with Crippen LogP contribution in [0.3, 0.4) is 0 Å². The minimum atomic E-state index is 0.239. The molecule has 0 atom stereocenters. The van der Waals surface area contributed by atoms with Gasteiger partial charge in [0, 0.05) is 13.1 Å². The largest absolute Gasteiger partial charge is 0.428 e. The summed E-state index contributed by atoms with van der Waals surface area (Å²) in [5.41, 5.74) is 5.36. The van der Waals surface area contributed by atoms with Crippen LogP contribution in [0.1, 0.15) is 5.76 Å². The van der Waals surface area contributed by atoms with Gasteiger partial charge in [0.15, 0.2) is 0 Å². The van der Waals surface area contributed by atoms with Crippen molar-refractivity contribution in [2.75, 3.05) is 32.0 Å². The molecule has 0 amide bonds. The zero-order chi connectivity index (χ0) is 9.10. The molecule has 2 rings (SSSR count). The molecule has 2 N–H and O–H groups in total. The van der Waals surface area contributed by atoms with Crippen molar-refractivity contribution in [2.24, 2.45) is 0 Å². The maximum Gasteiger partial charge on any atom is 0.292 e. The lowest BCUT2D eigenvalue weighted by atomic mass is 10.4. The minimum Gasteiger partial charge on any atom is -0.428 e. The Balaban J connectivity index is 1.89. The van der Waals surface area contributed by atoms with Crippen molar-refractivity contribution in [2.45, 2.75) is 6.54 Å². The first-order valence-corrected chi connectivity index (χ1v) is 4.35. The van der Waals surface area contributed by atoms with Gasteiger partial charge >= 0.3 is 0 Å². The van der Waals surface area contributed by atoms with E-state index in [1.54, 1.807) is 6.20 Å². The minimum absolute atomic E-state index is 0.239. The third kappa shape index (κ3) is 2.19. The highest BCUT2D eigenvalue weighted by Gasteiger charge is 2.12. The van der Waals surface area contributed by atoms with E-state index in [2.05, 4.69) is 9.88 Å². The van der Waals surface area contributed by atoms with E-state index in [9.17, 15) is 0 Å². The molecule has 1 aliphatic rings. The molecule has 2 heterocycles. The predicted molar refractivity (Wildman–Crippen MR) is 47.0 cm³/mol. The quantitative estimate of drug-likeness (QED) is 0.704. The molecule has 0 unspecified atom stereocenters. The lowest BCUT2D eigenvalue weighted by Crippen LogP contribution is -2.35. The molecule has 72 valence electrons. The number of anilines is 1. The molecule has 13 heavy (non-hydrogen) atoms. The third-order valence-electron chi connectivity index (χ3n) is 2.05. The van der Waals surface area contributed by atoms with Gasteiger partial charge in [-0.3, -0.25) is 4.90 Å². The summed E-state index contributed by atoms with van der Waals surface area (Å²) >= 11 is 0. The number of rotatable bonds is 2. The number of morpholine rings is 1. The summed E-state index contributed by atoms with van der Waals surface area (Å²) in [4.78, 5) is 6.09. The lowest BCUT2D eigenvalue weighted by Gasteiger charge is -2.25. The molecular formula is C8H13N3O2. The van der Waals surface area contributed by atoms with Gasteiger partial charge in [-0.2, -0.15) is 0 Å². The zero-order valence-corrected chi connectivity index (χ0v) is 7.40. The van der Waals surface area contributed by atoms with Gasteiger partial charge in [0.05, 0.1) is 26.0 Å². The Morgan fingerprint density at radius 1 is 1.46 bits per heavy atom. The van der Waals surface area contributed by atoms with Gasteiger partial charge < -0.3 is 14.9 Å². The summed E-state index contributed by atoms with van der Waals surface area (Å²) in [6.07, 6.45) is 1.67. The van der Waals surface area contributed by atoms with E-state index < -0.39 is 0 Å². The van der Waals surface area contributed by atoms with E-state index >= 15 is 0 Å². The van der Waals surface area contributed by atoms with E-state index in [1.165, 1.54) is 0 Å². The van der Waals surface area contributed by atoms with Crippen molar-refractivity contribution < 1.29 is 9.15 Å². The molecule has 1 aromatic heterocycles. The van der Waals surface area contributed by atoms with Crippen LogP contribution in [-0.4, -0.2) is 36.2 Å². The first-order chi connectivity index (χ1) is 6.34. The van der Waals surface area contributed by atoms with Crippen molar-refractivity contribution in [1.82, 2.24) is 9.88 Å². The molecule has 5 nitrogen and oxygen atoms in total. The molecule has 0 radical (unpaired) electrons. The molecule has 1 aliphatic heterocycles. The van der Waals surface area contributed by atoms with Crippen molar-refractivity contribution in [3.63, 3.8) is 0 Å². The first-order valence-electron chi connectivity index (χ1n) is 4.35. The molecular weight excluding hydrogens is 170 g/mol. The number of nitrogens with two attached hydrogens (primary N) is 1. The van der Waals surface area contributed by atoms with Crippen molar-refractivity contribution >= 4 is 6.01 Å². The van der Waals surface area contributed by atoms with Gasteiger partial charge in [-0.25, -0.2) is 4.98 Å². The molecule has 0 aliphatic carbocycles. The number of aromatic nitrogens is 1.